The zero-order chi connectivity index (χ0) is 25.6. The third-order valence-corrected chi connectivity index (χ3v) is 7.08. The highest BCUT2D eigenvalue weighted by molar-refractivity contribution is 5.94. The van der Waals surface area contributed by atoms with E-state index in [1.54, 1.807) is 6.08 Å². The van der Waals surface area contributed by atoms with Crippen LogP contribution < -0.4 is 5.11 Å². The summed E-state index contributed by atoms with van der Waals surface area (Å²) in [5.41, 5.74) is 3.39. The molecule has 0 saturated carbocycles. The number of halogens is 3. The molecule has 4 rings (SSSR count). The Hall–Kier alpha value is -3.34. The molecule has 0 saturated heterocycles. The smallest absolute Gasteiger partial charge is 0.416 e. The lowest BCUT2D eigenvalue weighted by Gasteiger charge is -2.42. The van der Waals surface area contributed by atoms with Crippen molar-refractivity contribution in [3.63, 3.8) is 0 Å². The van der Waals surface area contributed by atoms with Crippen LogP contribution in [0.2, 0.25) is 0 Å². The van der Waals surface area contributed by atoms with Gasteiger partial charge >= 0.3 is 6.18 Å². The molecule has 0 unspecified atom stereocenters. The Bertz CT molecular complexity index is 1360. The topological polar surface area (TPSA) is 40.1 Å². The van der Waals surface area contributed by atoms with Crippen LogP contribution in [0.25, 0.3) is 22.4 Å². The molecule has 3 aromatic carbocycles. The van der Waals surface area contributed by atoms with Crippen molar-refractivity contribution in [2.45, 2.75) is 57.5 Å². The first kappa shape index (κ1) is 24.8. The van der Waals surface area contributed by atoms with Gasteiger partial charge in [0.1, 0.15) is 0 Å². The summed E-state index contributed by atoms with van der Waals surface area (Å²) < 4.78 is 39.8. The zero-order valence-electron chi connectivity index (χ0n) is 20.3. The summed E-state index contributed by atoms with van der Waals surface area (Å²) in [6.07, 6.45) is 1.50. The highest BCUT2D eigenvalue weighted by Crippen LogP contribution is 2.47. The van der Waals surface area contributed by atoms with Gasteiger partial charge in [0.05, 0.1) is 11.5 Å². The lowest BCUT2D eigenvalue weighted by molar-refractivity contribution is -0.297. The molecule has 1 aliphatic carbocycles. The number of fused-ring (bicyclic) bond motifs is 2. The number of carboxylic acids is 1. The molecule has 0 bridgehead atoms. The Balaban J connectivity index is 1.85. The van der Waals surface area contributed by atoms with Crippen molar-refractivity contribution in [3.8, 4) is 0 Å². The van der Waals surface area contributed by atoms with Crippen LogP contribution in [0, 0.1) is 0 Å². The van der Waals surface area contributed by atoms with Crippen molar-refractivity contribution in [3.05, 3.63) is 94.6 Å². The van der Waals surface area contributed by atoms with Gasteiger partial charge in [-0.3, -0.25) is 0 Å². The van der Waals surface area contributed by atoms with Gasteiger partial charge in [-0.2, -0.15) is 13.2 Å². The maximum absolute atomic E-state index is 13.3. The molecule has 3 aromatic rings. The number of alkyl halides is 3. The van der Waals surface area contributed by atoms with Crippen molar-refractivity contribution < 1.29 is 23.1 Å². The van der Waals surface area contributed by atoms with Crippen LogP contribution in [-0.2, 0) is 21.8 Å². The molecule has 35 heavy (non-hydrogen) atoms. The van der Waals surface area contributed by atoms with Gasteiger partial charge < -0.3 is 9.90 Å². The van der Waals surface area contributed by atoms with E-state index in [4.69, 9.17) is 0 Å². The van der Waals surface area contributed by atoms with Crippen molar-refractivity contribution in [2.75, 3.05) is 0 Å². The summed E-state index contributed by atoms with van der Waals surface area (Å²) in [7, 11) is 0. The summed E-state index contributed by atoms with van der Waals surface area (Å²) in [5, 5.41) is 13.2. The van der Waals surface area contributed by atoms with Crippen LogP contribution in [0.4, 0.5) is 13.2 Å². The van der Waals surface area contributed by atoms with Crippen molar-refractivity contribution in [1.29, 1.82) is 0 Å². The maximum atomic E-state index is 13.3. The number of hydrogen-bond donors (Lipinski definition) is 0. The predicted octanol–water partition coefficient (Wildman–Crippen LogP) is 7.05. The third-order valence-electron chi connectivity index (χ3n) is 7.08. The first-order valence-electron chi connectivity index (χ1n) is 11.6. The standard InChI is InChI=1S/C30H29F3O2/c1-28(2)12-13-29(3,4)26-18-23-15-19(8-9-22(23)17-25(26)28)14-21(10-11-27(34)35)20-6-5-7-24(16-20)30(31,32)33/h5-11,14-18H,12-13H2,1-4H3,(H,34,35)/p-1/b11-10?,21-14-. The number of carbonyl (C=O) groups excluding carboxylic acids is 1. The number of carboxylic acid groups (broad SMARTS) is 1. The number of benzene rings is 3. The molecule has 5 heteroatoms. The Kier molecular flexibility index (Phi) is 6.16. The minimum absolute atomic E-state index is 0.0469. The van der Waals surface area contributed by atoms with Crippen LogP contribution >= 0.6 is 0 Å². The zero-order valence-corrected chi connectivity index (χ0v) is 20.3. The number of carbonyl (C=O) groups is 1. The van der Waals surface area contributed by atoms with E-state index in [9.17, 15) is 23.1 Å². The van der Waals surface area contributed by atoms with E-state index in [0.29, 0.717) is 5.57 Å². The van der Waals surface area contributed by atoms with Crippen LogP contribution in [0.1, 0.15) is 68.4 Å². The van der Waals surface area contributed by atoms with E-state index in [1.807, 2.05) is 18.2 Å². The number of aliphatic carboxylic acids is 1. The van der Waals surface area contributed by atoms with Gasteiger partial charge in [0, 0.05) is 0 Å². The molecule has 0 N–H and O–H groups in total. The molecule has 2 nitrogen and oxygen atoms in total. The van der Waals surface area contributed by atoms with E-state index < -0.39 is 17.7 Å². The van der Waals surface area contributed by atoms with E-state index in [-0.39, 0.29) is 16.4 Å². The number of rotatable bonds is 4. The van der Waals surface area contributed by atoms with Crippen LogP contribution in [0.15, 0.2) is 66.7 Å². The monoisotopic (exact) mass is 477 g/mol. The van der Waals surface area contributed by atoms with Gasteiger partial charge in [0.2, 0.25) is 0 Å². The lowest BCUT2D eigenvalue weighted by Crippen LogP contribution is -2.33. The molecule has 1 aliphatic rings. The van der Waals surface area contributed by atoms with E-state index in [1.165, 1.54) is 29.3 Å². The van der Waals surface area contributed by atoms with Crippen molar-refractivity contribution in [1.82, 2.24) is 0 Å². The van der Waals surface area contributed by atoms with E-state index >= 15 is 0 Å². The van der Waals surface area contributed by atoms with E-state index in [0.717, 1.165) is 47.4 Å². The Morgan fingerprint density at radius 2 is 1.49 bits per heavy atom. The predicted molar refractivity (Wildman–Crippen MR) is 133 cm³/mol. The fourth-order valence-corrected chi connectivity index (χ4v) is 4.86. The van der Waals surface area contributed by atoms with Gasteiger partial charge in [-0.25, -0.2) is 0 Å². The number of hydrogen-bond acceptors (Lipinski definition) is 2. The molecule has 0 aliphatic heterocycles. The summed E-state index contributed by atoms with van der Waals surface area (Å²) in [5.74, 6) is -1.42. The maximum Gasteiger partial charge on any atom is 0.416 e. The number of allylic oxidation sites excluding steroid dienone is 2. The fraction of sp³-hybridized carbons (Fsp3) is 0.300. The molecule has 0 amide bonds. The highest BCUT2D eigenvalue weighted by Gasteiger charge is 2.37. The lowest BCUT2D eigenvalue weighted by atomic mass is 9.63. The van der Waals surface area contributed by atoms with Crippen molar-refractivity contribution in [2.24, 2.45) is 0 Å². The van der Waals surface area contributed by atoms with Crippen LogP contribution in [0.5, 0.6) is 0 Å². The van der Waals surface area contributed by atoms with Gasteiger partial charge in [0.25, 0.3) is 0 Å². The molecule has 0 heterocycles. The molecular weight excluding hydrogens is 449 g/mol. The SMILES string of the molecule is CC1(C)CCC(C)(C)c2cc3cc(/C=C(/C=CC(=O)[O-])c4cccc(C(F)(F)F)c4)ccc3cc21. The third kappa shape index (κ3) is 5.19. The van der Waals surface area contributed by atoms with Gasteiger partial charge in [0.15, 0.2) is 0 Å². The fourth-order valence-electron chi connectivity index (χ4n) is 4.86. The first-order valence-corrected chi connectivity index (χ1v) is 11.6. The van der Waals surface area contributed by atoms with Crippen LogP contribution in [0.3, 0.4) is 0 Å². The van der Waals surface area contributed by atoms with Crippen molar-refractivity contribution >= 4 is 28.4 Å². The second-order valence-corrected chi connectivity index (χ2v) is 10.6. The molecule has 0 aromatic heterocycles. The molecule has 0 radical (unpaired) electrons. The molecule has 0 fully saturated rings. The summed E-state index contributed by atoms with van der Waals surface area (Å²) in [6, 6.07) is 15.2. The average molecular weight is 478 g/mol. The van der Waals surface area contributed by atoms with Gasteiger partial charge in [-0.1, -0.05) is 70.2 Å². The second-order valence-electron chi connectivity index (χ2n) is 10.6. The molecule has 0 atom stereocenters. The average Bonchev–Trinajstić information content (AvgIpc) is 2.78. The van der Waals surface area contributed by atoms with Crippen LogP contribution in [-0.4, -0.2) is 5.97 Å². The quantitative estimate of drug-likeness (QED) is 0.229. The molecular formula is C30H28F3O2-. The van der Waals surface area contributed by atoms with Gasteiger partial charge in [-0.15, -0.1) is 0 Å². The highest BCUT2D eigenvalue weighted by atomic mass is 19.4. The normalized spacial score (nSPS) is 17.5. The Morgan fingerprint density at radius 3 is 2.09 bits per heavy atom. The Labute approximate surface area is 203 Å². The molecule has 0 spiro atoms. The van der Waals surface area contributed by atoms with E-state index in [2.05, 4.69) is 39.8 Å². The minimum Gasteiger partial charge on any atom is -0.545 e. The summed E-state index contributed by atoms with van der Waals surface area (Å²) >= 11 is 0. The minimum atomic E-state index is -4.50. The largest absolute Gasteiger partial charge is 0.545 e. The van der Waals surface area contributed by atoms with Gasteiger partial charge in [-0.05, 0) is 92.6 Å². The summed E-state index contributed by atoms with van der Waals surface area (Å²) in [4.78, 5) is 11.0. The second kappa shape index (κ2) is 8.71. The summed E-state index contributed by atoms with van der Waals surface area (Å²) in [6.45, 7) is 9.06. The Morgan fingerprint density at radius 1 is 0.857 bits per heavy atom. The molecule has 182 valence electrons. The first-order chi connectivity index (χ1) is 16.3.